The number of fused-ring (bicyclic) bond motifs is 2. The third-order valence-corrected chi connectivity index (χ3v) is 6.71. The summed E-state index contributed by atoms with van der Waals surface area (Å²) in [6.45, 7) is 1.64. The van der Waals surface area contributed by atoms with Crippen LogP contribution in [0.5, 0.6) is 6.01 Å². The molecule has 29 heavy (non-hydrogen) atoms. The van der Waals surface area contributed by atoms with Crippen molar-refractivity contribution >= 4 is 28.1 Å². The van der Waals surface area contributed by atoms with Crippen LogP contribution in [0.3, 0.4) is 0 Å². The highest BCUT2D eigenvalue weighted by atomic mass is 35.5. The molecule has 2 saturated heterocycles. The molecular formula is C21H23ClF2N4O. The van der Waals surface area contributed by atoms with Crippen molar-refractivity contribution in [3.8, 4) is 6.01 Å². The monoisotopic (exact) mass is 420 g/mol. The first kappa shape index (κ1) is 19.1. The number of aromatic nitrogens is 3. The average molecular weight is 421 g/mol. The van der Waals surface area contributed by atoms with Gasteiger partial charge in [-0.25, -0.2) is 13.8 Å². The van der Waals surface area contributed by atoms with Crippen molar-refractivity contribution in [2.45, 2.75) is 56.7 Å². The molecule has 8 heteroatoms. The zero-order valence-corrected chi connectivity index (χ0v) is 16.9. The molecule has 5 nitrogen and oxygen atoms in total. The van der Waals surface area contributed by atoms with E-state index in [-0.39, 0.29) is 22.2 Å². The third kappa shape index (κ3) is 3.38. The summed E-state index contributed by atoms with van der Waals surface area (Å²) in [6.07, 6.45) is 9.26. The molecule has 0 saturated carbocycles. The molecule has 2 fully saturated rings. The Morgan fingerprint density at radius 3 is 3.00 bits per heavy atom. The second kappa shape index (κ2) is 7.43. The summed E-state index contributed by atoms with van der Waals surface area (Å²) in [7, 11) is 0. The Hall–Kier alpha value is -1.86. The number of alkyl halides is 1. The summed E-state index contributed by atoms with van der Waals surface area (Å²) in [4.78, 5) is 15.0. The molecule has 1 aliphatic carbocycles. The van der Waals surface area contributed by atoms with Gasteiger partial charge in [0, 0.05) is 24.5 Å². The maximum Gasteiger partial charge on any atom is 0.317 e. The minimum Gasteiger partial charge on any atom is -0.461 e. The maximum absolute atomic E-state index is 14.7. The molecule has 0 N–H and O–H groups in total. The molecule has 5 rings (SSSR count). The number of ether oxygens (including phenoxy) is 1. The van der Waals surface area contributed by atoms with Crippen LogP contribution < -0.4 is 4.74 Å². The number of nitrogens with zero attached hydrogens (tertiary/aromatic N) is 4. The largest absolute Gasteiger partial charge is 0.461 e. The number of allylic oxidation sites excluding steroid dienone is 2. The SMILES string of the molecule is Fc1c(Cl)ncc2c(C3=CCCCC3)nc(OC[C@@]34CCCN3C[C@H](F)C4)nc12. The number of rotatable bonds is 4. The molecule has 3 aliphatic rings. The van der Waals surface area contributed by atoms with Gasteiger partial charge >= 0.3 is 6.01 Å². The topological polar surface area (TPSA) is 51.1 Å². The van der Waals surface area contributed by atoms with Gasteiger partial charge in [0.15, 0.2) is 11.0 Å². The van der Waals surface area contributed by atoms with Gasteiger partial charge in [0.2, 0.25) is 0 Å². The van der Waals surface area contributed by atoms with Crippen molar-refractivity contribution in [3.63, 3.8) is 0 Å². The minimum atomic E-state index is -0.832. The van der Waals surface area contributed by atoms with Crippen LogP contribution in [0.4, 0.5) is 8.78 Å². The van der Waals surface area contributed by atoms with E-state index in [1.807, 2.05) is 0 Å². The molecule has 2 aromatic rings. The zero-order valence-electron chi connectivity index (χ0n) is 16.1. The molecule has 2 atom stereocenters. The second-order valence-electron chi connectivity index (χ2n) is 8.32. The van der Waals surface area contributed by atoms with Gasteiger partial charge < -0.3 is 4.74 Å². The minimum absolute atomic E-state index is 0.115. The fraction of sp³-hybridized carbons (Fsp3) is 0.571. The Bertz CT molecular complexity index is 985. The van der Waals surface area contributed by atoms with Crippen LogP contribution in [-0.2, 0) is 0 Å². The van der Waals surface area contributed by atoms with Crippen molar-refractivity contribution in [1.82, 2.24) is 19.9 Å². The molecule has 0 spiro atoms. The van der Waals surface area contributed by atoms with Crippen molar-refractivity contribution in [2.24, 2.45) is 0 Å². The van der Waals surface area contributed by atoms with E-state index in [1.165, 1.54) is 6.20 Å². The summed E-state index contributed by atoms with van der Waals surface area (Å²) in [5.74, 6) is -0.667. The highest BCUT2D eigenvalue weighted by molar-refractivity contribution is 6.30. The average Bonchev–Trinajstić information content (AvgIpc) is 3.25. The van der Waals surface area contributed by atoms with Gasteiger partial charge in [-0.3, -0.25) is 4.90 Å². The van der Waals surface area contributed by atoms with Crippen LogP contribution in [0.25, 0.3) is 16.5 Å². The Balaban J connectivity index is 1.52. The van der Waals surface area contributed by atoms with E-state index >= 15 is 0 Å². The van der Waals surface area contributed by atoms with Crippen LogP contribution in [-0.4, -0.2) is 51.3 Å². The van der Waals surface area contributed by atoms with Gasteiger partial charge in [0.25, 0.3) is 0 Å². The van der Waals surface area contributed by atoms with Crippen LogP contribution >= 0.6 is 11.6 Å². The van der Waals surface area contributed by atoms with Crippen LogP contribution in [0.15, 0.2) is 12.3 Å². The smallest absolute Gasteiger partial charge is 0.317 e. The molecule has 2 aromatic heterocycles. The van der Waals surface area contributed by atoms with E-state index < -0.39 is 12.0 Å². The fourth-order valence-electron chi connectivity index (χ4n) is 5.02. The van der Waals surface area contributed by atoms with Crippen molar-refractivity contribution in [2.75, 3.05) is 19.7 Å². The van der Waals surface area contributed by atoms with Gasteiger partial charge in [-0.2, -0.15) is 9.97 Å². The van der Waals surface area contributed by atoms with E-state index in [9.17, 15) is 8.78 Å². The number of hydrogen-bond donors (Lipinski definition) is 0. The summed E-state index contributed by atoms with van der Waals surface area (Å²) in [5.41, 5.74) is 1.52. The van der Waals surface area contributed by atoms with Crippen LogP contribution in [0.1, 0.15) is 50.6 Å². The van der Waals surface area contributed by atoms with E-state index in [0.717, 1.165) is 50.6 Å². The molecule has 4 heterocycles. The van der Waals surface area contributed by atoms with E-state index in [2.05, 4.69) is 25.9 Å². The van der Waals surface area contributed by atoms with E-state index in [1.54, 1.807) is 0 Å². The van der Waals surface area contributed by atoms with E-state index in [0.29, 0.717) is 30.7 Å². The van der Waals surface area contributed by atoms with Crippen LogP contribution in [0.2, 0.25) is 5.15 Å². The zero-order chi connectivity index (χ0) is 20.0. The predicted molar refractivity (Wildman–Crippen MR) is 107 cm³/mol. The van der Waals surface area contributed by atoms with Gasteiger partial charge in [-0.15, -0.1) is 0 Å². The van der Waals surface area contributed by atoms with Gasteiger partial charge in [0.1, 0.15) is 18.3 Å². The van der Waals surface area contributed by atoms with Crippen molar-refractivity contribution < 1.29 is 13.5 Å². The first-order valence-electron chi connectivity index (χ1n) is 10.3. The normalized spacial score (nSPS) is 27.3. The van der Waals surface area contributed by atoms with Gasteiger partial charge in [0.05, 0.1) is 11.2 Å². The highest BCUT2D eigenvalue weighted by Crippen LogP contribution is 2.40. The lowest BCUT2D eigenvalue weighted by Crippen LogP contribution is -2.43. The number of hydrogen-bond acceptors (Lipinski definition) is 5. The van der Waals surface area contributed by atoms with E-state index in [4.69, 9.17) is 16.3 Å². The highest BCUT2D eigenvalue weighted by Gasteiger charge is 2.49. The predicted octanol–water partition coefficient (Wildman–Crippen LogP) is 4.73. The summed E-state index contributed by atoms with van der Waals surface area (Å²) in [5, 5.41) is 0.320. The Labute approximate surface area is 173 Å². The lowest BCUT2D eigenvalue weighted by atomic mass is 9.95. The standard InChI is InChI=1S/C21H23ClF2N4O/c22-19-16(24)18-15(10-25-19)17(13-5-2-1-3-6-13)26-20(27-18)29-12-21-7-4-8-28(21)11-14(23)9-21/h5,10,14H,1-4,6-9,11-12H2/t14-,21+/m1/s1. The number of pyridine rings is 1. The molecule has 154 valence electrons. The molecule has 2 aliphatic heterocycles. The van der Waals surface area contributed by atoms with Crippen LogP contribution in [0, 0.1) is 5.82 Å². The quantitative estimate of drug-likeness (QED) is 0.669. The maximum atomic E-state index is 14.7. The lowest BCUT2D eigenvalue weighted by Gasteiger charge is -2.30. The summed E-state index contributed by atoms with van der Waals surface area (Å²) >= 11 is 5.90. The summed E-state index contributed by atoms with van der Waals surface area (Å²) < 4.78 is 34.7. The van der Waals surface area contributed by atoms with Gasteiger partial charge in [-0.1, -0.05) is 17.7 Å². The summed E-state index contributed by atoms with van der Waals surface area (Å²) in [6, 6.07) is 0.115. The fourth-order valence-corrected chi connectivity index (χ4v) is 5.16. The molecule has 0 aromatic carbocycles. The molecule has 0 unspecified atom stereocenters. The Morgan fingerprint density at radius 2 is 2.17 bits per heavy atom. The van der Waals surface area contributed by atoms with Crippen molar-refractivity contribution in [1.29, 1.82) is 0 Å². The van der Waals surface area contributed by atoms with Crippen molar-refractivity contribution in [3.05, 3.63) is 28.9 Å². The first-order valence-corrected chi connectivity index (χ1v) is 10.7. The molecule has 0 amide bonds. The number of halogens is 3. The first-order chi connectivity index (χ1) is 14.1. The Kier molecular flexibility index (Phi) is 4.90. The molecule has 0 radical (unpaired) electrons. The molecular weight excluding hydrogens is 398 g/mol. The molecule has 0 bridgehead atoms. The second-order valence-corrected chi connectivity index (χ2v) is 8.68. The third-order valence-electron chi connectivity index (χ3n) is 6.45. The lowest BCUT2D eigenvalue weighted by molar-refractivity contribution is 0.107. The Morgan fingerprint density at radius 1 is 1.28 bits per heavy atom. The van der Waals surface area contributed by atoms with Gasteiger partial charge in [-0.05, 0) is 50.6 Å².